The van der Waals surface area contributed by atoms with Crippen molar-refractivity contribution >= 4 is 51.2 Å². The number of unbranched alkanes of at least 4 members (excludes halogenated alkanes) is 2. The molecule has 3 fully saturated rings. The molecule has 9 heteroatoms. The number of carbonyl (C=O) groups excluding carboxylic acids is 3. The first-order valence-electron chi connectivity index (χ1n) is 13.7. The van der Waals surface area contributed by atoms with Crippen LogP contribution in [0, 0.1) is 25.7 Å². The Labute approximate surface area is 244 Å². The van der Waals surface area contributed by atoms with Crippen LogP contribution in [0.2, 0.25) is 0 Å². The third-order valence-electron chi connectivity index (χ3n) is 8.19. The Hall–Kier alpha value is -2.10. The molecule has 0 aromatic heterocycles. The fraction of sp³-hybridized carbons (Fsp3) is 0.567. The first-order chi connectivity index (χ1) is 18.7. The number of para-hydroxylation sites is 1. The molecule has 39 heavy (non-hydrogen) atoms. The smallest absolute Gasteiger partial charge is 0.310 e. The highest BCUT2D eigenvalue weighted by atomic mass is 79.9. The van der Waals surface area contributed by atoms with Crippen LogP contribution in [0.15, 0.2) is 43.5 Å². The van der Waals surface area contributed by atoms with Crippen molar-refractivity contribution < 1.29 is 24.2 Å². The number of alkyl halides is 1. The SMILES string of the molecule is C=CCCCCOC(=O)[C@H]1[C@H]2C(=O)N(CCCO)C(C(=O)N(CC=C)c3c(C)cccc3C)C23CC(Br)[C@@H]1S3. The maximum absolute atomic E-state index is 14.6. The molecule has 3 unspecified atom stereocenters. The van der Waals surface area contributed by atoms with Gasteiger partial charge in [-0.1, -0.05) is 46.3 Å². The van der Waals surface area contributed by atoms with Crippen molar-refractivity contribution in [3.63, 3.8) is 0 Å². The number of aliphatic hydroxyl groups is 1. The van der Waals surface area contributed by atoms with Crippen LogP contribution >= 0.6 is 27.7 Å². The van der Waals surface area contributed by atoms with Gasteiger partial charge >= 0.3 is 5.97 Å². The van der Waals surface area contributed by atoms with Gasteiger partial charge in [-0.25, -0.2) is 0 Å². The summed E-state index contributed by atoms with van der Waals surface area (Å²) in [5.74, 6) is -1.98. The van der Waals surface area contributed by atoms with Crippen molar-refractivity contribution in [3.8, 4) is 0 Å². The molecule has 212 valence electrons. The van der Waals surface area contributed by atoms with Crippen LogP contribution < -0.4 is 4.90 Å². The number of anilines is 1. The molecule has 1 spiro atoms. The number of benzene rings is 1. The zero-order valence-electron chi connectivity index (χ0n) is 22.8. The number of nitrogens with zero attached hydrogens (tertiary/aromatic N) is 2. The zero-order chi connectivity index (χ0) is 28.3. The topological polar surface area (TPSA) is 87.1 Å². The molecular formula is C30H39BrN2O5S. The summed E-state index contributed by atoms with van der Waals surface area (Å²) in [5, 5.41) is 9.47. The second kappa shape index (κ2) is 12.6. The quantitative estimate of drug-likeness (QED) is 0.151. The number of amides is 2. The number of rotatable bonds is 13. The molecule has 0 radical (unpaired) electrons. The minimum Gasteiger partial charge on any atom is -0.465 e. The minimum atomic E-state index is -0.763. The number of halogens is 1. The van der Waals surface area contributed by atoms with E-state index in [0.29, 0.717) is 26.0 Å². The minimum absolute atomic E-state index is 0.0222. The molecule has 2 bridgehead atoms. The standard InChI is InChI=1S/C30H39BrN2O5S/c1-5-7-8-9-17-38-29(37)22-23-27(35)33(15-11-16-34)26(30(23)18-21(31)25(22)39-30)28(36)32(14-6-2)24-19(3)12-10-13-20(24)4/h5-6,10,12-13,21-23,25-26,34H,1-2,7-9,11,14-18H2,3-4H3/t21?,22-,23-,25-,26?,30?/m0/s1. The van der Waals surface area contributed by atoms with Crippen LogP contribution in [-0.2, 0) is 19.1 Å². The predicted molar refractivity (Wildman–Crippen MR) is 159 cm³/mol. The molecule has 3 aliphatic heterocycles. The number of carbonyl (C=O) groups is 3. The average molecular weight is 620 g/mol. The average Bonchev–Trinajstić information content (AvgIpc) is 3.49. The second-order valence-electron chi connectivity index (χ2n) is 10.7. The Balaban J connectivity index is 1.71. The van der Waals surface area contributed by atoms with E-state index in [9.17, 15) is 19.5 Å². The Morgan fingerprint density at radius 2 is 1.95 bits per heavy atom. The van der Waals surface area contributed by atoms with Crippen molar-refractivity contribution in [2.75, 3.05) is 31.2 Å². The summed E-state index contributed by atoms with van der Waals surface area (Å²) >= 11 is 5.39. The number of ether oxygens (including phenoxy) is 1. The molecule has 7 nitrogen and oxygen atoms in total. The number of aryl methyl sites for hydroxylation is 2. The highest BCUT2D eigenvalue weighted by molar-refractivity contribution is 9.09. The lowest BCUT2D eigenvalue weighted by Crippen LogP contribution is -2.56. The third kappa shape index (κ3) is 5.34. The Kier molecular flexibility index (Phi) is 9.65. The molecule has 3 aliphatic rings. The van der Waals surface area contributed by atoms with Crippen molar-refractivity contribution in [2.45, 2.75) is 66.8 Å². The number of esters is 1. The summed E-state index contributed by atoms with van der Waals surface area (Å²) in [7, 11) is 0. The van der Waals surface area contributed by atoms with Gasteiger partial charge < -0.3 is 19.6 Å². The highest BCUT2D eigenvalue weighted by Crippen LogP contribution is 2.68. The van der Waals surface area contributed by atoms with E-state index in [0.717, 1.165) is 36.1 Å². The number of allylic oxidation sites excluding steroid dienone is 1. The largest absolute Gasteiger partial charge is 0.465 e. The molecule has 0 aliphatic carbocycles. The summed E-state index contributed by atoms with van der Waals surface area (Å²) in [6.45, 7) is 12.3. The molecule has 1 N–H and O–H groups in total. The van der Waals surface area contributed by atoms with E-state index in [4.69, 9.17) is 4.74 Å². The van der Waals surface area contributed by atoms with Gasteiger partial charge in [0.1, 0.15) is 6.04 Å². The maximum Gasteiger partial charge on any atom is 0.310 e. The molecule has 2 amide bonds. The molecule has 3 heterocycles. The lowest BCUT2D eigenvalue weighted by molar-refractivity contribution is -0.154. The lowest BCUT2D eigenvalue weighted by Gasteiger charge is -2.38. The van der Waals surface area contributed by atoms with E-state index in [1.807, 2.05) is 38.1 Å². The molecule has 3 saturated heterocycles. The number of likely N-dealkylation sites (tertiary alicyclic amines) is 1. The van der Waals surface area contributed by atoms with Crippen LogP contribution in [0.25, 0.3) is 0 Å². The Morgan fingerprint density at radius 1 is 1.23 bits per heavy atom. The number of fused-ring (bicyclic) bond motifs is 1. The van der Waals surface area contributed by atoms with Crippen molar-refractivity contribution in [3.05, 3.63) is 54.6 Å². The number of aliphatic hydroxyl groups excluding tert-OH is 1. The highest BCUT2D eigenvalue weighted by Gasteiger charge is 2.76. The van der Waals surface area contributed by atoms with Gasteiger partial charge in [-0.05, 0) is 57.1 Å². The van der Waals surface area contributed by atoms with E-state index in [1.165, 1.54) is 0 Å². The van der Waals surface area contributed by atoms with Crippen LogP contribution in [0.3, 0.4) is 0 Å². The lowest BCUT2D eigenvalue weighted by atomic mass is 9.71. The van der Waals surface area contributed by atoms with E-state index >= 15 is 0 Å². The summed E-state index contributed by atoms with van der Waals surface area (Å²) in [5.41, 5.74) is 2.75. The van der Waals surface area contributed by atoms with Gasteiger partial charge in [0.25, 0.3) is 5.91 Å². The van der Waals surface area contributed by atoms with E-state index in [2.05, 4.69) is 29.1 Å². The van der Waals surface area contributed by atoms with Crippen molar-refractivity contribution in [1.82, 2.24) is 4.90 Å². The maximum atomic E-state index is 14.6. The summed E-state index contributed by atoms with van der Waals surface area (Å²) in [6, 6.07) is 5.15. The summed E-state index contributed by atoms with van der Waals surface area (Å²) in [6.07, 6.45) is 6.98. The predicted octanol–water partition coefficient (Wildman–Crippen LogP) is 4.57. The molecular weight excluding hydrogens is 580 g/mol. The molecule has 0 saturated carbocycles. The van der Waals surface area contributed by atoms with Gasteiger partial charge in [0, 0.05) is 35.5 Å². The van der Waals surface area contributed by atoms with Gasteiger partial charge in [0.2, 0.25) is 5.91 Å². The second-order valence-corrected chi connectivity index (χ2v) is 13.4. The fourth-order valence-electron chi connectivity index (χ4n) is 6.62. The van der Waals surface area contributed by atoms with Gasteiger partial charge in [-0.2, -0.15) is 0 Å². The van der Waals surface area contributed by atoms with E-state index in [1.54, 1.807) is 27.6 Å². The van der Waals surface area contributed by atoms with Gasteiger partial charge in [0.05, 0.1) is 23.2 Å². The van der Waals surface area contributed by atoms with Gasteiger partial charge in [-0.15, -0.1) is 24.9 Å². The van der Waals surface area contributed by atoms with E-state index < -0.39 is 22.6 Å². The number of hydrogen-bond acceptors (Lipinski definition) is 6. The van der Waals surface area contributed by atoms with Gasteiger partial charge in [0.15, 0.2) is 0 Å². The first kappa shape index (κ1) is 29.9. The van der Waals surface area contributed by atoms with Crippen molar-refractivity contribution in [2.24, 2.45) is 11.8 Å². The van der Waals surface area contributed by atoms with Crippen LogP contribution in [0.5, 0.6) is 0 Å². The monoisotopic (exact) mass is 618 g/mol. The normalized spacial score (nSPS) is 28.9. The Bertz CT molecular complexity index is 1110. The molecule has 6 atom stereocenters. The molecule has 1 aromatic carbocycles. The molecule has 1 aromatic rings. The van der Waals surface area contributed by atoms with E-state index in [-0.39, 0.29) is 41.0 Å². The van der Waals surface area contributed by atoms with Gasteiger partial charge in [-0.3, -0.25) is 14.4 Å². The van der Waals surface area contributed by atoms with Crippen LogP contribution in [0.1, 0.15) is 43.2 Å². The van der Waals surface area contributed by atoms with Crippen LogP contribution in [0.4, 0.5) is 5.69 Å². The zero-order valence-corrected chi connectivity index (χ0v) is 25.2. The summed E-state index contributed by atoms with van der Waals surface area (Å²) in [4.78, 5) is 45.5. The third-order valence-corrected chi connectivity index (χ3v) is 11.4. The van der Waals surface area contributed by atoms with Crippen molar-refractivity contribution in [1.29, 1.82) is 0 Å². The summed E-state index contributed by atoms with van der Waals surface area (Å²) < 4.78 is 4.94. The first-order valence-corrected chi connectivity index (χ1v) is 15.5. The van der Waals surface area contributed by atoms with Crippen LogP contribution in [-0.4, -0.2) is 75.0 Å². The fourth-order valence-corrected chi connectivity index (χ4v) is 10.2. The number of hydrogen-bond donors (Lipinski definition) is 1. The Morgan fingerprint density at radius 3 is 2.59 bits per heavy atom. The number of thioether (sulfide) groups is 1. The molecule has 4 rings (SSSR count).